The summed E-state index contributed by atoms with van der Waals surface area (Å²) >= 11 is 0. The smallest absolute Gasteiger partial charge is 0.345 e. The Hall–Kier alpha value is -1.69. The molecule has 0 aromatic carbocycles. The summed E-state index contributed by atoms with van der Waals surface area (Å²) in [7, 11) is 0. The van der Waals surface area contributed by atoms with Crippen LogP contribution in [0.15, 0.2) is 10.9 Å². The lowest BCUT2D eigenvalue weighted by atomic mass is 9.91. The van der Waals surface area contributed by atoms with Crippen LogP contribution >= 0.6 is 0 Å². The fourth-order valence-electron chi connectivity index (χ4n) is 2.81. The monoisotopic (exact) mass is 320 g/mol. The highest BCUT2D eigenvalue weighted by atomic mass is 16.2. The third kappa shape index (κ3) is 4.89. The number of carbonyl (C=O) groups excluding carboxylic acids is 1. The molecule has 1 amide bonds. The van der Waals surface area contributed by atoms with Gasteiger partial charge in [-0.2, -0.15) is 4.98 Å². The van der Waals surface area contributed by atoms with Crippen molar-refractivity contribution < 1.29 is 4.79 Å². The van der Waals surface area contributed by atoms with E-state index in [1.165, 1.54) is 0 Å². The van der Waals surface area contributed by atoms with Crippen molar-refractivity contribution in [3.63, 3.8) is 0 Å². The predicted molar refractivity (Wildman–Crippen MR) is 90.7 cm³/mol. The summed E-state index contributed by atoms with van der Waals surface area (Å²) in [6, 6.07) is 1.68. The molecule has 1 aromatic heterocycles. The molecule has 6 nitrogen and oxygen atoms in total. The zero-order chi connectivity index (χ0) is 17.0. The quantitative estimate of drug-likeness (QED) is 0.882. The molecule has 1 aromatic rings. The lowest BCUT2D eigenvalue weighted by Gasteiger charge is -2.31. The van der Waals surface area contributed by atoms with Crippen molar-refractivity contribution in [2.24, 2.45) is 5.92 Å². The molecule has 0 aliphatic carbocycles. The van der Waals surface area contributed by atoms with E-state index < -0.39 is 5.69 Å². The molecule has 1 saturated heterocycles. The Bertz CT molecular complexity index is 595. The maximum absolute atomic E-state index is 12.3. The summed E-state index contributed by atoms with van der Waals surface area (Å²) in [5.41, 5.74) is 0.215. The molecule has 0 radical (unpaired) electrons. The average molecular weight is 320 g/mol. The summed E-state index contributed by atoms with van der Waals surface area (Å²) in [6.07, 6.45) is 2.20. The third-order valence-electron chi connectivity index (χ3n) is 4.49. The van der Waals surface area contributed by atoms with Gasteiger partial charge in [-0.1, -0.05) is 27.7 Å². The third-order valence-corrected chi connectivity index (χ3v) is 4.49. The Balaban J connectivity index is 1.96. The SMILES string of the molecule is CCN1CCC(CNC(=O)c2cc(C(C)(C)C)[nH]c(=O)n2)CC1. The van der Waals surface area contributed by atoms with E-state index in [1.54, 1.807) is 6.07 Å². The van der Waals surface area contributed by atoms with Gasteiger partial charge >= 0.3 is 5.69 Å². The minimum Gasteiger partial charge on any atom is -0.350 e. The normalized spacial score (nSPS) is 17.2. The van der Waals surface area contributed by atoms with E-state index in [0.29, 0.717) is 12.5 Å². The van der Waals surface area contributed by atoms with Crippen molar-refractivity contribution in [3.05, 3.63) is 27.9 Å². The second kappa shape index (κ2) is 7.25. The number of hydrogen-bond acceptors (Lipinski definition) is 4. The molecule has 0 saturated carbocycles. The van der Waals surface area contributed by atoms with Gasteiger partial charge in [0.05, 0.1) is 0 Å². The van der Waals surface area contributed by atoms with Crippen LogP contribution in [0.25, 0.3) is 0 Å². The number of nitrogens with zero attached hydrogens (tertiary/aromatic N) is 2. The van der Waals surface area contributed by atoms with Crippen molar-refractivity contribution in [1.82, 2.24) is 20.2 Å². The van der Waals surface area contributed by atoms with Crippen molar-refractivity contribution in [3.8, 4) is 0 Å². The highest BCUT2D eigenvalue weighted by molar-refractivity contribution is 5.92. The average Bonchev–Trinajstić information content (AvgIpc) is 2.51. The minimum atomic E-state index is -0.473. The molecule has 2 rings (SSSR count). The number of nitrogens with one attached hydrogen (secondary N) is 2. The standard InChI is InChI=1S/C17H28N4O2/c1-5-21-8-6-12(7-9-21)11-18-15(22)13-10-14(17(2,3)4)20-16(23)19-13/h10,12H,5-9,11H2,1-4H3,(H,18,22)(H,19,20,23). The molecule has 2 heterocycles. The number of hydrogen-bond donors (Lipinski definition) is 2. The summed E-state index contributed by atoms with van der Waals surface area (Å²) < 4.78 is 0. The van der Waals surface area contributed by atoms with Crippen LogP contribution in [0.3, 0.4) is 0 Å². The van der Waals surface area contributed by atoms with Crippen LogP contribution in [0.1, 0.15) is 56.7 Å². The Kier molecular flexibility index (Phi) is 5.57. The first-order valence-electron chi connectivity index (χ1n) is 8.42. The molecule has 1 aliphatic rings. The largest absolute Gasteiger partial charge is 0.350 e. The Morgan fingerprint density at radius 1 is 1.39 bits per heavy atom. The molecule has 1 fully saturated rings. The summed E-state index contributed by atoms with van der Waals surface area (Å²) in [5, 5.41) is 2.93. The van der Waals surface area contributed by atoms with Gasteiger partial charge in [0.2, 0.25) is 0 Å². The maximum atomic E-state index is 12.3. The molecule has 0 atom stereocenters. The molecule has 23 heavy (non-hydrogen) atoms. The minimum absolute atomic E-state index is 0.199. The first kappa shape index (κ1) is 17.7. The molecule has 0 bridgehead atoms. The van der Waals surface area contributed by atoms with Crippen LogP contribution in [0.2, 0.25) is 0 Å². The Morgan fingerprint density at radius 2 is 2.04 bits per heavy atom. The van der Waals surface area contributed by atoms with Gasteiger partial charge in [0, 0.05) is 17.7 Å². The van der Waals surface area contributed by atoms with Crippen molar-refractivity contribution >= 4 is 5.91 Å². The highest BCUT2D eigenvalue weighted by Gasteiger charge is 2.21. The van der Waals surface area contributed by atoms with Crippen molar-refractivity contribution in [2.75, 3.05) is 26.2 Å². The van der Waals surface area contributed by atoms with Gasteiger partial charge in [0.15, 0.2) is 0 Å². The fraction of sp³-hybridized carbons (Fsp3) is 0.706. The van der Waals surface area contributed by atoms with E-state index >= 15 is 0 Å². The molecule has 6 heteroatoms. The molecule has 0 unspecified atom stereocenters. The van der Waals surface area contributed by atoms with Crippen molar-refractivity contribution in [2.45, 2.75) is 46.0 Å². The van der Waals surface area contributed by atoms with Gasteiger partial charge in [-0.3, -0.25) is 4.79 Å². The number of likely N-dealkylation sites (tertiary alicyclic amines) is 1. The van der Waals surface area contributed by atoms with Crippen LogP contribution in [0.5, 0.6) is 0 Å². The van der Waals surface area contributed by atoms with E-state index in [1.807, 2.05) is 20.8 Å². The maximum Gasteiger partial charge on any atom is 0.345 e. The number of H-pyrrole nitrogens is 1. The molecule has 1 aliphatic heterocycles. The van der Waals surface area contributed by atoms with Gasteiger partial charge in [-0.05, 0) is 44.5 Å². The van der Waals surface area contributed by atoms with Crippen LogP contribution in [0.4, 0.5) is 0 Å². The molecular weight excluding hydrogens is 292 g/mol. The summed E-state index contributed by atoms with van der Waals surface area (Å²) in [6.45, 7) is 12.1. The number of amides is 1. The lowest BCUT2D eigenvalue weighted by Crippen LogP contribution is -2.39. The molecule has 128 valence electrons. The van der Waals surface area contributed by atoms with Gasteiger partial charge in [0.1, 0.15) is 5.69 Å². The van der Waals surface area contributed by atoms with E-state index in [0.717, 1.165) is 38.2 Å². The van der Waals surface area contributed by atoms with Crippen LogP contribution in [-0.2, 0) is 5.41 Å². The lowest BCUT2D eigenvalue weighted by molar-refractivity contribution is 0.0931. The number of carbonyl (C=O) groups is 1. The first-order valence-corrected chi connectivity index (χ1v) is 8.42. The molecule has 2 N–H and O–H groups in total. The number of aromatic nitrogens is 2. The predicted octanol–water partition coefficient (Wildman–Crippen LogP) is 1.53. The fourth-order valence-corrected chi connectivity index (χ4v) is 2.81. The molecule has 0 spiro atoms. The van der Waals surface area contributed by atoms with E-state index in [4.69, 9.17) is 0 Å². The summed E-state index contributed by atoms with van der Waals surface area (Å²) in [5.74, 6) is 0.241. The number of rotatable bonds is 4. The first-order chi connectivity index (χ1) is 10.8. The van der Waals surface area contributed by atoms with Crippen molar-refractivity contribution in [1.29, 1.82) is 0 Å². The Labute approximate surface area is 137 Å². The van der Waals surface area contributed by atoms with E-state index in [2.05, 4.69) is 27.1 Å². The summed E-state index contributed by atoms with van der Waals surface area (Å²) in [4.78, 5) is 32.9. The zero-order valence-corrected chi connectivity index (χ0v) is 14.6. The van der Waals surface area contributed by atoms with Gasteiger partial charge in [-0.15, -0.1) is 0 Å². The van der Waals surface area contributed by atoms with Crippen LogP contribution < -0.4 is 11.0 Å². The van der Waals surface area contributed by atoms with Crippen LogP contribution in [-0.4, -0.2) is 47.0 Å². The second-order valence-electron chi connectivity index (χ2n) is 7.32. The molecular formula is C17H28N4O2. The van der Waals surface area contributed by atoms with Crippen LogP contribution in [0, 0.1) is 5.92 Å². The van der Waals surface area contributed by atoms with Gasteiger partial charge in [0.25, 0.3) is 5.91 Å². The zero-order valence-electron chi connectivity index (χ0n) is 14.6. The number of aromatic amines is 1. The topological polar surface area (TPSA) is 78.1 Å². The van der Waals surface area contributed by atoms with E-state index in [9.17, 15) is 9.59 Å². The Morgan fingerprint density at radius 3 is 2.61 bits per heavy atom. The number of piperidine rings is 1. The van der Waals surface area contributed by atoms with Gasteiger partial charge in [-0.25, -0.2) is 4.79 Å². The highest BCUT2D eigenvalue weighted by Crippen LogP contribution is 2.19. The van der Waals surface area contributed by atoms with Gasteiger partial charge < -0.3 is 15.2 Å². The van der Waals surface area contributed by atoms with E-state index in [-0.39, 0.29) is 17.0 Å². The second-order valence-corrected chi connectivity index (χ2v) is 7.32.